The fourth-order valence-electron chi connectivity index (χ4n) is 2.35. The summed E-state index contributed by atoms with van der Waals surface area (Å²) in [4.78, 5) is 0. The fraction of sp³-hybridized carbons (Fsp3) is 0.429. The molecule has 2 N–H and O–H groups in total. The molecule has 2 aromatic rings. The van der Waals surface area contributed by atoms with Gasteiger partial charge < -0.3 is 10.3 Å². The minimum Gasteiger partial charge on any atom is -0.324 e. The Balaban J connectivity index is 1.93. The number of benzene rings is 1. The third-order valence-corrected chi connectivity index (χ3v) is 3.54. The highest BCUT2D eigenvalue weighted by Crippen LogP contribution is 2.37. The summed E-state index contributed by atoms with van der Waals surface area (Å²) in [7, 11) is 0. The number of rotatable bonds is 4. The lowest BCUT2D eigenvalue weighted by molar-refractivity contribution is 0.652. The lowest BCUT2D eigenvalue weighted by Crippen LogP contribution is -2.10. The van der Waals surface area contributed by atoms with Crippen molar-refractivity contribution in [3.05, 3.63) is 47.0 Å². The van der Waals surface area contributed by atoms with Crippen LogP contribution in [0.25, 0.3) is 0 Å². The molecule has 18 heavy (non-hydrogen) atoms. The molecule has 1 aromatic heterocycles. The molecular formula is C14H18N4. The van der Waals surface area contributed by atoms with E-state index in [9.17, 15) is 0 Å². The van der Waals surface area contributed by atoms with Crippen LogP contribution in [0.1, 0.15) is 41.7 Å². The third kappa shape index (κ3) is 2.04. The quantitative estimate of drug-likeness (QED) is 0.891. The van der Waals surface area contributed by atoms with E-state index in [2.05, 4.69) is 46.0 Å². The second-order valence-electron chi connectivity index (χ2n) is 4.94. The molecule has 0 amide bonds. The van der Waals surface area contributed by atoms with E-state index in [1.54, 1.807) is 0 Å². The number of nitrogens with two attached hydrogens (primary N) is 1. The largest absolute Gasteiger partial charge is 0.324 e. The van der Waals surface area contributed by atoms with E-state index >= 15 is 0 Å². The first-order chi connectivity index (χ1) is 8.79. The molecule has 94 valence electrons. The molecule has 1 saturated carbocycles. The van der Waals surface area contributed by atoms with Gasteiger partial charge in [-0.15, -0.1) is 10.2 Å². The molecule has 1 aromatic carbocycles. The molecule has 4 nitrogen and oxygen atoms in total. The van der Waals surface area contributed by atoms with Gasteiger partial charge >= 0.3 is 0 Å². The first-order valence-corrected chi connectivity index (χ1v) is 6.47. The maximum atomic E-state index is 5.73. The number of hydrogen-bond donors (Lipinski definition) is 1. The number of nitrogens with zero attached hydrogens (tertiary/aromatic N) is 3. The van der Waals surface area contributed by atoms with Crippen LogP contribution >= 0.6 is 0 Å². The highest BCUT2D eigenvalue weighted by molar-refractivity contribution is 5.28. The number of hydrogen-bond acceptors (Lipinski definition) is 3. The Morgan fingerprint density at radius 1 is 1.22 bits per heavy atom. The molecule has 1 fully saturated rings. The Kier molecular flexibility index (Phi) is 2.88. The fourth-order valence-corrected chi connectivity index (χ4v) is 2.35. The standard InChI is InChI=1S/C14H18N4/c1-10-4-2-3-5-11(10)8-13-16-17-14(9-15)18(13)12-6-7-12/h2-5,12H,6-9,15H2,1H3. The van der Waals surface area contributed by atoms with Crippen LogP contribution in [-0.2, 0) is 13.0 Å². The lowest BCUT2D eigenvalue weighted by Gasteiger charge is -2.09. The van der Waals surface area contributed by atoms with Gasteiger partial charge in [0.1, 0.15) is 11.6 Å². The maximum absolute atomic E-state index is 5.73. The molecule has 0 spiro atoms. The number of aryl methyl sites for hydroxylation is 1. The molecule has 1 aliphatic carbocycles. The molecule has 0 atom stereocenters. The molecule has 4 heteroatoms. The van der Waals surface area contributed by atoms with Gasteiger partial charge in [0.15, 0.2) is 0 Å². The molecule has 0 bridgehead atoms. The second-order valence-corrected chi connectivity index (χ2v) is 4.94. The minimum atomic E-state index is 0.470. The minimum absolute atomic E-state index is 0.470. The summed E-state index contributed by atoms with van der Waals surface area (Å²) in [6, 6.07) is 9.01. The van der Waals surface area contributed by atoms with Crippen LogP contribution in [0.4, 0.5) is 0 Å². The summed E-state index contributed by atoms with van der Waals surface area (Å²) >= 11 is 0. The van der Waals surface area contributed by atoms with Crippen molar-refractivity contribution in [3.63, 3.8) is 0 Å². The van der Waals surface area contributed by atoms with E-state index in [1.807, 2.05) is 0 Å². The molecule has 0 saturated heterocycles. The van der Waals surface area contributed by atoms with Crippen molar-refractivity contribution in [1.82, 2.24) is 14.8 Å². The zero-order chi connectivity index (χ0) is 12.5. The van der Waals surface area contributed by atoms with E-state index in [0.717, 1.165) is 18.1 Å². The molecule has 0 radical (unpaired) electrons. The Labute approximate surface area is 107 Å². The molecule has 1 aliphatic rings. The van der Waals surface area contributed by atoms with Crippen LogP contribution in [0.5, 0.6) is 0 Å². The van der Waals surface area contributed by atoms with Crippen LogP contribution in [-0.4, -0.2) is 14.8 Å². The maximum Gasteiger partial charge on any atom is 0.147 e. The summed E-state index contributed by atoms with van der Waals surface area (Å²) in [5.41, 5.74) is 8.35. The van der Waals surface area contributed by atoms with Gasteiger partial charge in [0.25, 0.3) is 0 Å². The van der Waals surface area contributed by atoms with Crippen LogP contribution in [0.3, 0.4) is 0 Å². The highest BCUT2D eigenvalue weighted by atomic mass is 15.3. The molecule has 1 heterocycles. The summed E-state index contributed by atoms with van der Waals surface area (Å²) in [6.45, 7) is 2.61. The second kappa shape index (κ2) is 4.53. The van der Waals surface area contributed by atoms with E-state index < -0.39 is 0 Å². The normalized spacial score (nSPS) is 15.0. The van der Waals surface area contributed by atoms with Crippen molar-refractivity contribution in [1.29, 1.82) is 0 Å². The number of aromatic nitrogens is 3. The predicted molar refractivity (Wildman–Crippen MR) is 70.2 cm³/mol. The van der Waals surface area contributed by atoms with Crippen LogP contribution in [0.15, 0.2) is 24.3 Å². The first kappa shape index (κ1) is 11.4. The SMILES string of the molecule is Cc1ccccc1Cc1nnc(CN)n1C1CC1. The van der Waals surface area contributed by atoms with Gasteiger partial charge in [-0.2, -0.15) is 0 Å². The predicted octanol–water partition coefficient (Wildman–Crippen LogP) is 1.97. The smallest absolute Gasteiger partial charge is 0.147 e. The van der Waals surface area contributed by atoms with Crippen LogP contribution in [0, 0.1) is 6.92 Å². The summed E-state index contributed by atoms with van der Waals surface area (Å²) in [6.07, 6.45) is 3.30. The monoisotopic (exact) mass is 242 g/mol. The molecule has 0 aliphatic heterocycles. The van der Waals surface area contributed by atoms with Gasteiger partial charge in [0.2, 0.25) is 0 Å². The van der Waals surface area contributed by atoms with Crippen molar-refractivity contribution in [2.45, 2.75) is 38.8 Å². The first-order valence-electron chi connectivity index (χ1n) is 6.47. The average Bonchev–Trinajstić information content (AvgIpc) is 3.14. The van der Waals surface area contributed by atoms with E-state index in [-0.39, 0.29) is 0 Å². The van der Waals surface area contributed by atoms with Gasteiger partial charge in [-0.05, 0) is 30.9 Å². The summed E-state index contributed by atoms with van der Waals surface area (Å²) in [5, 5.41) is 8.53. The highest BCUT2D eigenvalue weighted by Gasteiger charge is 2.28. The van der Waals surface area contributed by atoms with Gasteiger partial charge in [-0.25, -0.2) is 0 Å². The Morgan fingerprint density at radius 3 is 2.61 bits per heavy atom. The van der Waals surface area contributed by atoms with Gasteiger partial charge in [0.05, 0.1) is 6.54 Å². The molecular weight excluding hydrogens is 224 g/mol. The zero-order valence-electron chi connectivity index (χ0n) is 10.6. The van der Waals surface area contributed by atoms with Gasteiger partial charge in [-0.1, -0.05) is 24.3 Å². The third-order valence-electron chi connectivity index (χ3n) is 3.54. The van der Waals surface area contributed by atoms with Gasteiger partial charge in [0, 0.05) is 12.5 Å². The molecule has 3 rings (SSSR count). The van der Waals surface area contributed by atoms with Crippen LogP contribution in [0.2, 0.25) is 0 Å². The zero-order valence-corrected chi connectivity index (χ0v) is 10.6. The Bertz CT molecular complexity index is 555. The van der Waals surface area contributed by atoms with Crippen molar-refractivity contribution < 1.29 is 0 Å². The van der Waals surface area contributed by atoms with Crippen molar-refractivity contribution in [3.8, 4) is 0 Å². The topological polar surface area (TPSA) is 56.7 Å². The summed E-state index contributed by atoms with van der Waals surface area (Å²) in [5.74, 6) is 1.97. The Hall–Kier alpha value is -1.68. The summed E-state index contributed by atoms with van der Waals surface area (Å²) < 4.78 is 2.24. The van der Waals surface area contributed by atoms with Gasteiger partial charge in [-0.3, -0.25) is 0 Å². The van der Waals surface area contributed by atoms with E-state index in [1.165, 1.54) is 24.0 Å². The van der Waals surface area contributed by atoms with Crippen molar-refractivity contribution in [2.75, 3.05) is 0 Å². The van der Waals surface area contributed by atoms with E-state index in [4.69, 9.17) is 5.73 Å². The average molecular weight is 242 g/mol. The molecule has 0 unspecified atom stereocenters. The van der Waals surface area contributed by atoms with Crippen molar-refractivity contribution >= 4 is 0 Å². The lowest BCUT2D eigenvalue weighted by atomic mass is 10.1. The van der Waals surface area contributed by atoms with Crippen LogP contribution < -0.4 is 5.73 Å². The van der Waals surface area contributed by atoms with Crippen molar-refractivity contribution in [2.24, 2.45) is 5.73 Å². The Morgan fingerprint density at radius 2 is 1.94 bits per heavy atom. The van der Waals surface area contributed by atoms with E-state index in [0.29, 0.717) is 12.6 Å².